The molecule has 0 aromatic carbocycles. The Morgan fingerprint density at radius 3 is 1.75 bits per heavy atom. The Morgan fingerprint density at radius 1 is 0.950 bits per heavy atom. The Bertz CT molecular complexity index is 309. The van der Waals surface area contributed by atoms with E-state index in [0.717, 1.165) is 19.3 Å². The Balaban J connectivity index is 4.81. The van der Waals surface area contributed by atoms with E-state index in [1.54, 1.807) is 0 Å². The standard InChI is InChI=1S/C11H33IN6OP/c1-7-10(4,5)12-17(13,14)20-18(15,16)19-11(6,8-2)9-3/h20H,7-9,13-16H2,1-6H3/q+1. The molecule has 0 aromatic rings. The Labute approximate surface area is 135 Å². The van der Waals surface area contributed by atoms with Crippen molar-refractivity contribution in [2.45, 2.75) is 69.8 Å². The van der Waals surface area contributed by atoms with Crippen molar-refractivity contribution in [1.82, 2.24) is 0 Å². The van der Waals surface area contributed by atoms with Gasteiger partial charge in [-0.25, -0.2) is 0 Å². The van der Waals surface area contributed by atoms with Gasteiger partial charge in [0.25, 0.3) is 0 Å². The molecule has 1 unspecified atom stereocenters. The van der Waals surface area contributed by atoms with Crippen LogP contribution in [0.1, 0.15) is 60.8 Å². The summed E-state index contributed by atoms with van der Waals surface area (Å²) in [6.07, 6.45) is 2.68. The maximum absolute atomic E-state index is 6.19. The number of quaternary nitrogens is 2. The second-order valence-corrected chi connectivity index (χ2v) is 13.4. The van der Waals surface area contributed by atoms with Crippen LogP contribution in [0.2, 0.25) is 0 Å². The van der Waals surface area contributed by atoms with Gasteiger partial charge in [-0.2, -0.15) is 0 Å². The first-order valence-corrected chi connectivity index (χ1v) is 9.84. The molecule has 0 heterocycles. The molecule has 0 saturated heterocycles. The summed E-state index contributed by atoms with van der Waals surface area (Å²) in [5.74, 6) is 24.5. The quantitative estimate of drug-likeness (QED) is 0.0885. The molecule has 0 aliphatic heterocycles. The van der Waals surface area contributed by atoms with Gasteiger partial charge in [-0.3, -0.25) is 0 Å². The van der Waals surface area contributed by atoms with Crippen LogP contribution in [0.3, 0.4) is 0 Å². The topological polar surface area (TPSA) is 113 Å². The first-order valence-electron chi connectivity index (χ1n) is 6.91. The third-order valence-electron chi connectivity index (χ3n) is 3.39. The van der Waals surface area contributed by atoms with Crippen molar-refractivity contribution in [1.29, 1.82) is 0 Å². The van der Waals surface area contributed by atoms with Crippen LogP contribution < -0.4 is 44.8 Å². The second kappa shape index (κ2) is 7.43. The molecule has 9 heteroatoms. The van der Waals surface area contributed by atoms with Crippen LogP contribution in [0.4, 0.5) is 0 Å². The molecule has 124 valence electrons. The molecule has 8 N–H and O–H groups in total. The summed E-state index contributed by atoms with van der Waals surface area (Å²) in [6.45, 7) is 12.6. The maximum atomic E-state index is 6.19. The molecule has 0 saturated carbocycles. The summed E-state index contributed by atoms with van der Waals surface area (Å²) < 4.78 is -0.574. The summed E-state index contributed by atoms with van der Waals surface area (Å²) >= 11 is -0.536. The predicted octanol–water partition coefficient (Wildman–Crippen LogP) is -1.67. The van der Waals surface area contributed by atoms with Crippen molar-refractivity contribution >= 4 is 8.88 Å². The van der Waals surface area contributed by atoms with Crippen molar-refractivity contribution in [3.8, 4) is 0 Å². The first-order chi connectivity index (χ1) is 8.80. The number of halogens is 1. The molecule has 0 fully saturated rings. The van der Waals surface area contributed by atoms with Crippen molar-refractivity contribution in [2.75, 3.05) is 0 Å². The number of hydrogen-bond acceptors (Lipinski definition) is 5. The zero-order chi connectivity index (χ0) is 16.2. The molecule has 0 bridgehead atoms. The zero-order valence-electron chi connectivity index (χ0n) is 13.6. The third-order valence-corrected chi connectivity index (χ3v) is 8.18. The van der Waals surface area contributed by atoms with Gasteiger partial charge in [0.15, 0.2) is 0 Å². The predicted molar refractivity (Wildman–Crippen MR) is 80.0 cm³/mol. The molecule has 0 spiro atoms. The molecule has 0 aliphatic rings. The van der Waals surface area contributed by atoms with Gasteiger partial charge < -0.3 is 0 Å². The van der Waals surface area contributed by atoms with Crippen LogP contribution in [0.5, 0.6) is 0 Å². The van der Waals surface area contributed by atoms with Gasteiger partial charge in [-0.1, -0.05) is 0 Å². The van der Waals surface area contributed by atoms with Gasteiger partial charge in [0, 0.05) is 0 Å². The molecule has 0 rings (SSSR count). The van der Waals surface area contributed by atoms with Crippen molar-refractivity contribution < 1.29 is 33.6 Å². The molecule has 0 aromatic heterocycles. The summed E-state index contributed by atoms with van der Waals surface area (Å²) in [5.41, 5.74) is -0.366. The number of nitrogens with zero attached hydrogens (tertiary/aromatic N) is 2. The fourth-order valence-corrected chi connectivity index (χ4v) is 7.61. The van der Waals surface area contributed by atoms with E-state index in [0.29, 0.717) is 0 Å². The Kier molecular flexibility index (Phi) is 7.76. The number of alkyl halides is 1. The van der Waals surface area contributed by atoms with E-state index >= 15 is 0 Å². The van der Waals surface area contributed by atoms with Crippen LogP contribution in [0.25, 0.3) is 0 Å². The molecule has 1 atom stereocenters. The number of nitrogens with two attached hydrogens (primary N) is 4. The van der Waals surface area contributed by atoms with Gasteiger partial charge in [-0.15, -0.1) is 0 Å². The first kappa shape index (κ1) is 20.9. The van der Waals surface area contributed by atoms with E-state index in [1.165, 1.54) is 0 Å². The van der Waals surface area contributed by atoms with E-state index in [9.17, 15) is 0 Å². The molecule has 7 nitrogen and oxygen atoms in total. The van der Waals surface area contributed by atoms with Gasteiger partial charge in [0.1, 0.15) is 0 Å². The molecule has 0 aliphatic carbocycles. The SMILES string of the molecule is CCC(C)(CC)O[N+](N)(N)P[N+](N)(N)[I-]C(C)(C)CC. The van der Waals surface area contributed by atoms with Gasteiger partial charge >= 0.3 is 136 Å². The summed E-state index contributed by atoms with van der Waals surface area (Å²) in [5, 5.41) is 0. The fourth-order valence-electron chi connectivity index (χ4n) is 1.46. The average molecular weight is 423 g/mol. The van der Waals surface area contributed by atoms with Crippen LogP contribution in [0.15, 0.2) is 0 Å². The van der Waals surface area contributed by atoms with Crippen LogP contribution in [-0.2, 0) is 4.84 Å². The molecule has 0 amide bonds. The number of rotatable bonds is 9. The van der Waals surface area contributed by atoms with E-state index in [-0.39, 0.29) is 20.6 Å². The minimum absolute atomic E-state index is 0.129. The van der Waals surface area contributed by atoms with Gasteiger partial charge in [-0.05, 0) is 0 Å². The molecule has 0 radical (unpaired) electrons. The van der Waals surface area contributed by atoms with Crippen molar-refractivity contribution in [2.24, 2.45) is 23.4 Å². The van der Waals surface area contributed by atoms with E-state index in [4.69, 9.17) is 28.2 Å². The molecular formula is C11H33IN6OP+. The normalized spacial score (nSPS) is 15.5. The summed E-state index contributed by atoms with van der Waals surface area (Å²) in [6, 6.07) is 0. The summed E-state index contributed by atoms with van der Waals surface area (Å²) in [4.78, 5) is 5.86. The van der Waals surface area contributed by atoms with Crippen LogP contribution >= 0.6 is 8.88 Å². The van der Waals surface area contributed by atoms with E-state index < -0.39 is 26.1 Å². The van der Waals surface area contributed by atoms with E-state index in [1.807, 2.05) is 20.8 Å². The zero-order valence-corrected chi connectivity index (χ0v) is 16.8. The monoisotopic (exact) mass is 423 g/mol. The summed E-state index contributed by atoms with van der Waals surface area (Å²) in [7, 11) is -0.145. The minimum atomic E-state index is -0.579. The molecule has 20 heavy (non-hydrogen) atoms. The van der Waals surface area contributed by atoms with Gasteiger partial charge in [0.05, 0.1) is 0 Å². The third kappa shape index (κ3) is 7.77. The average Bonchev–Trinajstić information content (AvgIpc) is 2.25. The van der Waals surface area contributed by atoms with Crippen LogP contribution in [0, 0.1) is 0 Å². The van der Waals surface area contributed by atoms with E-state index in [2.05, 4.69) is 20.8 Å². The van der Waals surface area contributed by atoms with Crippen molar-refractivity contribution in [3.63, 3.8) is 0 Å². The van der Waals surface area contributed by atoms with Gasteiger partial charge in [0.2, 0.25) is 0 Å². The second-order valence-electron chi connectivity index (χ2n) is 5.90. The number of hydrogen-bond donors (Lipinski definition) is 4. The van der Waals surface area contributed by atoms with Crippen molar-refractivity contribution in [3.05, 3.63) is 0 Å². The Hall–Kier alpha value is 0.880. The van der Waals surface area contributed by atoms with Crippen LogP contribution in [-0.4, -0.2) is 16.3 Å². The fraction of sp³-hybridized carbons (Fsp3) is 1.00. The molecular weight excluding hydrogens is 390 g/mol. The Morgan fingerprint density at radius 2 is 1.40 bits per heavy atom.